The minimum atomic E-state index is -0.884. The van der Waals surface area contributed by atoms with Crippen LogP contribution in [0.1, 0.15) is 20.3 Å². The standard InChI is InChI=1S/C14H22N2O4/c1-4-6-15-13(17)10(3)16(7-5-2)12-9-20-8-11(12)14(18)19/h1,10-12H,5-9H2,2-3H3,(H,15,17)(H,18,19). The average Bonchev–Trinajstić information content (AvgIpc) is 2.90. The number of terminal acetylenes is 1. The molecule has 0 spiro atoms. The fourth-order valence-corrected chi connectivity index (χ4v) is 2.45. The summed E-state index contributed by atoms with van der Waals surface area (Å²) in [6.07, 6.45) is 5.95. The van der Waals surface area contributed by atoms with Gasteiger partial charge in [-0.05, 0) is 19.9 Å². The molecular weight excluding hydrogens is 260 g/mol. The summed E-state index contributed by atoms with van der Waals surface area (Å²) in [5, 5.41) is 11.9. The monoisotopic (exact) mass is 282 g/mol. The van der Waals surface area contributed by atoms with Crippen LogP contribution >= 0.6 is 0 Å². The number of carbonyl (C=O) groups excluding carboxylic acids is 1. The van der Waals surface area contributed by atoms with E-state index in [-0.39, 0.29) is 25.1 Å². The molecule has 6 heteroatoms. The van der Waals surface area contributed by atoms with E-state index in [4.69, 9.17) is 11.2 Å². The van der Waals surface area contributed by atoms with E-state index in [9.17, 15) is 14.7 Å². The van der Waals surface area contributed by atoms with Crippen LogP contribution in [-0.4, -0.2) is 60.3 Å². The molecule has 0 aromatic carbocycles. The van der Waals surface area contributed by atoms with Crippen molar-refractivity contribution in [2.45, 2.75) is 32.4 Å². The maximum Gasteiger partial charge on any atom is 0.310 e. The van der Waals surface area contributed by atoms with E-state index in [1.54, 1.807) is 6.92 Å². The molecule has 2 N–H and O–H groups in total. The number of carbonyl (C=O) groups is 2. The molecule has 6 nitrogen and oxygen atoms in total. The molecule has 0 aromatic rings. The maximum atomic E-state index is 12.0. The second-order valence-electron chi connectivity index (χ2n) is 4.89. The molecule has 1 amide bonds. The zero-order chi connectivity index (χ0) is 15.1. The van der Waals surface area contributed by atoms with Gasteiger partial charge in [-0.25, -0.2) is 0 Å². The van der Waals surface area contributed by atoms with Crippen LogP contribution in [0.4, 0.5) is 0 Å². The Morgan fingerprint density at radius 1 is 1.55 bits per heavy atom. The van der Waals surface area contributed by atoms with Gasteiger partial charge in [0.15, 0.2) is 0 Å². The zero-order valence-corrected chi connectivity index (χ0v) is 12.0. The number of nitrogens with one attached hydrogen (secondary N) is 1. The first-order valence-electron chi connectivity index (χ1n) is 6.80. The highest BCUT2D eigenvalue weighted by molar-refractivity contribution is 5.81. The molecule has 0 bridgehead atoms. The SMILES string of the molecule is C#CCNC(=O)C(C)N(CCC)C1COCC1C(=O)O. The Balaban J connectivity index is 2.79. The van der Waals surface area contributed by atoms with Gasteiger partial charge in [-0.1, -0.05) is 12.8 Å². The number of carboxylic acid groups (broad SMARTS) is 1. The number of hydrogen-bond acceptors (Lipinski definition) is 4. The van der Waals surface area contributed by atoms with Crippen molar-refractivity contribution in [1.29, 1.82) is 0 Å². The van der Waals surface area contributed by atoms with Crippen LogP contribution in [0, 0.1) is 18.3 Å². The van der Waals surface area contributed by atoms with E-state index in [1.807, 2.05) is 11.8 Å². The molecule has 1 fully saturated rings. The highest BCUT2D eigenvalue weighted by atomic mass is 16.5. The Morgan fingerprint density at radius 2 is 2.25 bits per heavy atom. The predicted octanol–water partition coefficient (Wildman–Crippen LogP) is -0.0641. The lowest BCUT2D eigenvalue weighted by atomic mass is 10.00. The van der Waals surface area contributed by atoms with Gasteiger partial charge < -0.3 is 15.2 Å². The van der Waals surface area contributed by atoms with Crippen LogP contribution in [0.25, 0.3) is 0 Å². The van der Waals surface area contributed by atoms with Crippen LogP contribution in [0.2, 0.25) is 0 Å². The highest BCUT2D eigenvalue weighted by Crippen LogP contribution is 2.22. The summed E-state index contributed by atoms with van der Waals surface area (Å²) >= 11 is 0. The molecule has 1 rings (SSSR count). The van der Waals surface area contributed by atoms with E-state index in [2.05, 4.69) is 11.2 Å². The maximum absolute atomic E-state index is 12.0. The summed E-state index contributed by atoms with van der Waals surface area (Å²) in [7, 11) is 0. The summed E-state index contributed by atoms with van der Waals surface area (Å²) in [6, 6.07) is -0.712. The van der Waals surface area contributed by atoms with Crippen molar-refractivity contribution in [3.63, 3.8) is 0 Å². The average molecular weight is 282 g/mol. The first-order valence-corrected chi connectivity index (χ1v) is 6.80. The number of nitrogens with zero attached hydrogens (tertiary/aromatic N) is 1. The van der Waals surface area contributed by atoms with E-state index in [1.165, 1.54) is 0 Å². The van der Waals surface area contributed by atoms with E-state index in [0.29, 0.717) is 13.2 Å². The molecular formula is C14H22N2O4. The fourth-order valence-electron chi connectivity index (χ4n) is 2.45. The number of amides is 1. The van der Waals surface area contributed by atoms with Crippen LogP contribution < -0.4 is 5.32 Å². The highest BCUT2D eigenvalue weighted by Gasteiger charge is 2.40. The van der Waals surface area contributed by atoms with Crippen LogP contribution in [0.15, 0.2) is 0 Å². The first-order chi connectivity index (χ1) is 9.52. The van der Waals surface area contributed by atoms with Crippen molar-refractivity contribution in [3.05, 3.63) is 0 Å². The summed E-state index contributed by atoms with van der Waals surface area (Å²) in [6.45, 7) is 5.10. The van der Waals surface area contributed by atoms with Crippen LogP contribution in [0.3, 0.4) is 0 Å². The van der Waals surface area contributed by atoms with E-state index in [0.717, 1.165) is 6.42 Å². The van der Waals surface area contributed by atoms with Gasteiger partial charge in [-0.3, -0.25) is 14.5 Å². The number of carboxylic acids is 1. The van der Waals surface area contributed by atoms with Crippen molar-refractivity contribution in [2.24, 2.45) is 5.92 Å². The first kappa shape index (κ1) is 16.5. The molecule has 0 aromatic heterocycles. The lowest BCUT2D eigenvalue weighted by Gasteiger charge is -2.34. The summed E-state index contributed by atoms with van der Waals surface area (Å²) in [4.78, 5) is 25.2. The Kier molecular flexibility index (Phi) is 6.49. The topological polar surface area (TPSA) is 78.9 Å². The molecule has 0 radical (unpaired) electrons. The van der Waals surface area contributed by atoms with Crippen molar-refractivity contribution >= 4 is 11.9 Å². The second-order valence-corrected chi connectivity index (χ2v) is 4.89. The van der Waals surface area contributed by atoms with Gasteiger partial charge in [0.2, 0.25) is 5.91 Å². The minimum Gasteiger partial charge on any atom is -0.481 e. The van der Waals surface area contributed by atoms with Crippen molar-refractivity contribution in [2.75, 3.05) is 26.3 Å². The van der Waals surface area contributed by atoms with Crippen molar-refractivity contribution in [1.82, 2.24) is 10.2 Å². The molecule has 1 aliphatic heterocycles. The van der Waals surface area contributed by atoms with Crippen LogP contribution in [0.5, 0.6) is 0 Å². The Morgan fingerprint density at radius 3 is 2.80 bits per heavy atom. The van der Waals surface area contributed by atoms with Crippen molar-refractivity contribution in [3.8, 4) is 12.3 Å². The fraction of sp³-hybridized carbons (Fsp3) is 0.714. The quantitative estimate of drug-likeness (QED) is 0.639. The molecule has 112 valence electrons. The molecule has 20 heavy (non-hydrogen) atoms. The number of aliphatic carboxylic acids is 1. The van der Waals surface area contributed by atoms with E-state index >= 15 is 0 Å². The normalized spacial score (nSPS) is 23.3. The van der Waals surface area contributed by atoms with Gasteiger partial charge in [0.05, 0.1) is 31.7 Å². The molecule has 1 aliphatic rings. The predicted molar refractivity (Wildman–Crippen MR) is 74.0 cm³/mol. The Bertz CT molecular complexity index is 391. The third-order valence-electron chi connectivity index (χ3n) is 3.52. The van der Waals surface area contributed by atoms with Gasteiger partial charge in [0, 0.05) is 6.04 Å². The van der Waals surface area contributed by atoms with Crippen LogP contribution in [-0.2, 0) is 14.3 Å². The van der Waals surface area contributed by atoms with Gasteiger partial charge in [0.25, 0.3) is 0 Å². The number of hydrogen-bond donors (Lipinski definition) is 2. The minimum absolute atomic E-state index is 0.173. The third-order valence-corrected chi connectivity index (χ3v) is 3.52. The van der Waals surface area contributed by atoms with E-state index < -0.39 is 17.9 Å². The number of rotatable bonds is 7. The molecule has 0 saturated carbocycles. The molecule has 3 unspecified atom stereocenters. The second kappa shape index (κ2) is 7.88. The number of ether oxygens (including phenoxy) is 1. The largest absolute Gasteiger partial charge is 0.481 e. The van der Waals surface area contributed by atoms with Gasteiger partial charge in [0.1, 0.15) is 0 Å². The summed E-state index contributed by atoms with van der Waals surface area (Å²) in [5.41, 5.74) is 0. The van der Waals surface area contributed by atoms with Gasteiger partial charge in [-0.15, -0.1) is 6.42 Å². The zero-order valence-electron chi connectivity index (χ0n) is 12.0. The third kappa shape index (κ3) is 3.95. The Hall–Kier alpha value is -1.58. The smallest absolute Gasteiger partial charge is 0.310 e. The summed E-state index contributed by atoms with van der Waals surface area (Å²) in [5.74, 6) is 0.687. The summed E-state index contributed by atoms with van der Waals surface area (Å²) < 4.78 is 5.28. The van der Waals surface area contributed by atoms with Gasteiger partial charge in [-0.2, -0.15) is 0 Å². The molecule has 0 aliphatic carbocycles. The lowest BCUT2D eigenvalue weighted by Crippen LogP contribution is -2.53. The molecule has 1 heterocycles. The Labute approximate surface area is 119 Å². The molecule has 3 atom stereocenters. The lowest BCUT2D eigenvalue weighted by molar-refractivity contribution is -0.144. The van der Waals surface area contributed by atoms with Crippen molar-refractivity contribution < 1.29 is 19.4 Å². The molecule has 1 saturated heterocycles. The van der Waals surface area contributed by atoms with Gasteiger partial charge >= 0.3 is 5.97 Å².